The fourth-order valence-corrected chi connectivity index (χ4v) is 3.64. The number of benzene rings is 2. The molecular weight excluding hydrogens is 523 g/mol. The van der Waals surface area contributed by atoms with Gasteiger partial charge in [-0.25, -0.2) is 0 Å². The van der Waals surface area contributed by atoms with Crippen molar-refractivity contribution in [3.63, 3.8) is 0 Å². The molecule has 2 N–H and O–H groups in total. The molecule has 0 aliphatic carbocycles. The number of furan rings is 1. The molecule has 204 valence electrons. The molecule has 0 spiro atoms. The summed E-state index contributed by atoms with van der Waals surface area (Å²) < 4.78 is 53.1. The molecule has 0 fully saturated rings. The topological polar surface area (TPSA) is 110 Å². The summed E-state index contributed by atoms with van der Waals surface area (Å²) in [5.74, 6) is 3.01. The van der Waals surface area contributed by atoms with E-state index in [1.165, 1.54) is 17.8 Å². The van der Waals surface area contributed by atoms with E-state index < -0.39 is 6.36 Å². The van der Waals surface area contributed by atoms with Crippen LogP contribution in [0.15, 0.2) is 64.2 Å². The first-order valence-electron chi connectivity index (χ1n) is 11.5. The van der Waals surface area contributed by atoms with Gasteiger partial charge in [-0.2, -0.15) is 4.98 Å². The normalized spacial score (nSPS) is 10.5. The third kappa shape index (κ3) is 9.18. The van der Waals surface area contributed by atoms with Crippen LogP contribution in [-0.4, -0.2) is 38.9 Å². The molecule has 12 heteroatoms. The summed E-state index contributed by atoms with van der Waals surface area (Å²) >= 11 is 1.53. The Morgan fingerprint density at radius 1 is 1.11 bits per heavy atom. The standard InChI is InChI=1S/C23H20F3N3O3S.C2H6.CH2O2/c1-3-33-22-27-21(28-29-22)20-10-9-19(31-20)16-5-4-6-17(12-16)30-13-15-7-8-18(14(2)11-15)32-23(24,25)26;1-2;2-1-3/h4-12H,3,13H2,1-2H3,(H,27,28,29);1-2H3;1H,(H,2,3). The minimum absolute atomic E-state index is 0.190. The first kappa shape index (κ1) is 30.3. The van der Waals surface area contributed by atoms with E-state index in [0.29, 0.717) is 33.8 Å². The zero-order chi connectivity index (χ0) is 28.1. The van der Waals surface area contributed by atoms with Crippen LogP contribution in [0.25, 0.3) is 22.9 Å². The Hall–Kier alpha value is -3.93. The van der Waals surface area contributed by atoms with Gasteiger partial charge in [-0.15, -0.1) is 18.3 Å². The van der Waals surface area contributed by atoms with Gasteiger partial charge in [0.2, 0.25) is 5.16 Å². The Morgan fingerprint density at radius 3 is 2.47 bits per heavy atom. The van der Waals surface area contributed by atoms with Crippen molar-refractivity contribution >= 4 is 18.2 Å². The van der Waals surface area contributed by atoms with Crippen molar-refractivity contribution in [3.8, 4) is 34.4 Å². The van der Waals surface area contributed by atoms with Crippen LogP contribution in [0.1, 0.15) is 31.9 Å². The Morgan fingerprint density at radius 2 is 1.82 bits per heavy atom. The SMILES string of the molecule is CC.CCSc1n[nH]c(-c2ccc(-c3cccc(OCc4ccc(OC(F)(F)F)c(C)c4)c3)o2)n1.O=CO. The zero-order valence-corrected chi connectivity index (χ0v) is 22.0. The number of nitrogens with one attached hydrogen (secondary N) is 1. The molecule has 2 heterocycles. The van der Waals surface area contributed by atoms with Gasteiger partial charge in [0.1, 0.15) is 23.9 Å². The molecule has 0 saturated carbocycles. The maximum atomic E-state index is 12.4. The second-order valence-corrected chi connectivity index (χ2v) is 8.36. The smallest absolute Gasteiger partial charge is 0.489 e. The van der Waals surface area contributed by atoms with Gasteiger partial charge in [0.15, 0.2) is 11.6 Å². The second-order valence-electron chi connectivity index (χ2n) is 7.13. The molecule has 4 rings (SSSR count). The summed E-state index contributed by atoms with van der Waals surface area (Å²) in [5.41, 5.74) is 1.91. The lowest BCUT2D eigenvalue weighted by Crippen LogP contribution is -2.17. The van der Waals surface area contributed by atoms with Crippen molar-refractivity contribution in [2.24, 2.45) is 0 Å². The first-order chi connectivity index (χ1) is 18.2. The number of carboxylic acid groups (broad SMARTS) is 1. The van der Waals surface area contributed by atoms with Crippen molar-refractivity contribution in [1.29, 1.82) is 0 Å². The number of ether oxygens (including phenoxy) is 2. The summed E-state index contributed by atoms with van der Waals surface area (Å²) in [6.45, 7) is 7.52. The molecule has 0 unspecified atom stereocenters. The third-order valence-electron chi connectivity index (χ3n) is 4.57. The highest BCUT2D eigenvalue weighted by Crippen LogP contribution is 2.30. The quantitative estimate of drug-likeness (QED) is 0.173. The number of aryl methyl sites for hydroxylation is 1. The Kier molecular flexibility index (Phi) is 11.7. The van der Waals surface area contributed by atoms with E-state index in [9.17, 15) is 13.2 Å². The highest BCUT2D eigenvalue weighted by atomic mass is 32.2. The van der Waals surface area contributed by atoms with Crippen molar-refractivity contribution in [2.75, 3.05) is 5.75 Å². The van der Waals surface area contributed by atoms with E-state index in [4.69, 9.17) is 19.1 Å². The summed E-state index contributed by atoms with van der Waals surface area (Å²) in [4.78, 5) is 12.8. The van der Waals surface area contributed by atoms with Gasteiger partial charge >= 0.3 is 6.36 Å². The van der Waals surface area contributed by atoms with E-state index in [1.54, 1.807) is 25.1 Å². The lowest BCUT2D eigenvalue weighted by Gasteiger charge is -2.13. The lowest BCUT2D eigenvalue weighted by molar-refractivity contribution is -0.274. The largest absolute Gasteiger partial charge is 0.573 e. The van der Waals surface area contributed by atoms with Crippen LogP contribution in [0.2, 0.25) is 0 Å². The molecule has 0 atom stereocenters. The van der Waals surface area contributed by atoms with Crippen LogP contribution in [0.4, 0.5) is 13.2 Å². The van der Waals surface area contributed by atoms with Crippen molar-refractivity contribution in [2.45, 2.75) is 45.8 Å². The van der Waals surface area contributed by atoms with Gasteiger partial charge in [-0.3, -0.25) is 9.89 Å². The molecule has 0 radical (unpaired) electrons. The number of nitrogens with zero attached hydrogens (tertiary/aromatic N) is 2. The number of carbonyl (C=O) groups is 1. The molecule has 0 bridgehead atoms. The Bertz CT molecular complexity index is 1290. The summed E-state index contributed by atoms with van der Waals surface area (Å²) in [6, 6.07) is 15.4. The maximum Gasteiger partial charge on any atom is 0.573 e. The van der Waals surface area contributed by atoms with Crippen LogP contribution in [0, 0.1) is 6.92 Å². The number of alkyl halides is 3. The zero-order valence-electron chi connectivity index (χ0n) is 21.2. The van der Waals surface area contributed by atoms with Gasteiger partial charge in [0.25, 0.3) is 6.47 Å². The number of aromatic nitrogens is 3. The summed E-state index contributed by atoms with van der Waals surface area (Å²) in [6.07, 6.45) is -4.72. The van der Waals surface area contributed by atoms with Crippen LogP contribution in [-0.2, 0) is 11.4 Å². The average Bonchev–Trinajstić information content (AvgIpc) is 3.56. The molecule has 8 nitrogen and oxygen atoms in total. The fraction of sp³-hybridized carbons (Fsp3) is 0.269. The number of rotatable bonds is 8. The van der Waals surface area contributed by atoms with Crippen LogP contribution >= 0.6 is 11.8 Å². The Labute approximate surface area is 222 Å². The minimum atomic E-state index is -4.72. The van der Waals surface area contributed by atoms with Crippen LogP contribution in [0.3, 0.4) is 0 Å². The van der Waals surface area contributed by atoms with Gasteiger partial charge in [0.05, 0.1) is 0 Å². The van der Waals surface area contributed by atoms with Crippen LogP contribution in [0.5, 0.6) is 11.5 Å². The fourth-order valence-electron chi connectivity index (χ4n) is 3.12. The number of halogens is 3. The predicted octanol–water partition coefficient (Wildman–Crippen LogP) is 7.36. The van der Waals surface area contributed by atoms with Crippen molar-refractivity contribution in [1.82, 2.24) is 15.2 Å². The molecule has 2 aromatic carbocycles. The third-order valence-corrected chi connectivity index (χ3v) is 5.30. The van der Waals surface area contributed by atoms with E-state index in [-0.39, 0.29) is 18.8 Å². The monoisotopic (exact) mass is 551 g/mol. The molecule has 38 heavy (non-hydrogen) atoms. The number of H-pyrrole nitrogens is 1. The molecule has 0 amide bonds. The predicted molar refractivity (Wildman–Crippen MR) is 138 cm³/mol. The van der Waals surface area contributed by atoms with Gasteiger partial charge < -0.3 is 19.0 Å². The summed E-state index contributed by atoms with van der Waals surface area (Å²) in [5, 5.41) is 14.6. The highest BCUT2D eigenvalue weighted by Gasteiger charge is 2.31. The molecule has 4 aromatic rings. The highest BCUT2D eigenvalue weighted by molar-refractivity contribution is 7.99. The Balaban J connectivity index is 0.000000947. The van der Waals surface area contributed by atoms with Gasteiger partial charge in [-0.1, -0.05) is 50.7 Å². The van der Waals surface area contributed by atoms with E-state index in [0.717, 1.165) is 16.9 Å². The molecular formula is C26H28F3N3O5S. The number of hydrogen-bond acceptors (Lipinski definition) is 7. The van der Waals surface area contributed by atoms with E-state index in [2.05, 4.69) is 19.9 Å². The van der Waals surface area contributed by atoms with Crippen molar-refractivity contribution < 1.29 is 37.0 Å². The van der Waals surface area contributed by atoms with Crippen molar-refractivity contribution in [3.05, 3.63) is 65.7 Å². The molecule has 0 aliphatic rings. The summed E-state index contributed by atoms with van der Waals surface area (Å²) in [7, 11) is 0. The lowest BCUT2D eigenvalue weighted by atomic mass is 10.1. The number of aromatic amines is 1. The number of thioether (sulfide) groups is 1. The van der Waals surface area contributed by atoms with Crippen LogP contribution < -0.4 is 9.47 Å². The first-order valence-corrected chi connectivity index (χ1v) is 12.5. The average molecular weight is 552 g/mol. The van der Waals surface area contributed by atoms with Gasteiger partial charge in [-0.05, 0) is 60.2 Å². The maximum absolute atomic E-state index is 12.4. The molecule has 0 saturated heterocycles. The van der Waals surface area contributed by atoms with E-state index in [1.807, 2.05) is 51.1 Å². The van der Waals surface area contributed by atoms with Gasteiger partial charge in [0, 0.05) is 5.56 Å². The minimum Gasteiger partial charge on any atom is -0.489 e. The number of hydrogen-bond donors (Lipinski definition) is 2. The second kappa shape index (κ2) is 14.7. The molecule has 2 aromatic heterocycles. The molecule has 0 aliphatic heterocycles. The van der Waals surface area contributed by atoms with E-state index >= 15 is 0 Å².